The molecule has 78 valence electrons. The Morgan fingerprint density at radius 1 is 1.21 bits per heavy atom. The molecule has 3 heterocycles. The Morgan fingerprint density at radius 2 is 1.79 bits per heavy atom. The molecule has 0 aromatic rings. The van der Waals surface area contributed by atoms with Gasteiger partial charge in [0, 0.05) is 31.1 Å². The molecular formula is C11H18N2O. The molecule has 0 spiro atoms. The van der Waals surface area contributed by atoms with Crippen LogP contribution in [0.15, 0.2) is 0 Å². The second-order valence-corrected chi connectivity index (χ2v) is 5.31. The van der Waals surface area contributed by atoms with Crippen LogP contribution in [0.25, 0.3) is 0 Å². The van der Waals surface area contributed by atoms with E-state index in [1.165, 1.54) is 6.42 Å². The Hall–Kier alpha value is -0.570. The van der Waals surface area contributed by atoms with Crippen LogP contribution in [-0.2, 0) is 4.79 Å². The van der Waals surface area contributed by atoms with Gasteiger partial charge in [0.15, 0.2) is 0 Å². The topological polar surface area (TPSA) is 32.3 Å². The number of hydrogen-bond acceptors (Lipinski definition) is 2. The fourth-order valence-corrected chi connectivity index (χ4v) is 3.06. The molecule has 4 fully saturated rings. The second-order valence-electron chi connectivity index (χ2n) is 5.31. The quantitative estimate of drug-likeness (QED) is 0.663. The van der Waals surface area contributed by atoms with Crippen molar-refractivity contribution in [2.45, 2.75) is 38.3 Å². The Labute approximate surface area is 84.8 Å². The van der Waals surface area contributed by atoms with Crippen molar-refractivity contribution in [1.29, 1.82) is 0 Å². The highest BCUT2D eigenvalue weighted by molar-refractivity contribution is 5.80. The lowest BCUT2D eigenvalue weighted by Gasteiger charge is -2.50. The van der Waals surface area contributed by atoms with Crippen molar-refractivity contribution in [3.05, 3.63) is 0 Å². The van der Waals surface area contributed by atoms with E-state index in [-0.39, 0.29) is 0 Å². The summed E-state index contributed by atoms with van der Waals surface area (Å²) in [6.45, 7) is 4.15. The van der Waals surface area contributed by atoms with Gasteiger partial charge in [0.25, 0.3) is 0 Å². The van der Waals surface area contributed by atoms with E-state index in [1.807, 2.05) is 0 Å². The SMILES string of the molecule is CC1CC(C(=O)N2C[C@H]3C[C@@H](C2)N3)C1. The number of carbonyl (C=O) groups excluding carboxylic acids is 1. The summed E-state index contributed by atoms with van der Waals surface area (Å²) < 4.78 is 0. The van der Waals surface area contributed by atoms with Gasteiger partial charge in [0.1, 0.15) is 0 Å². The maximum atomic E-state index is 12.0. The Bertz CT molecular complexity index is 244. The molecule has 2 atom stereocenters. The van der Waals surface area contributed by atoms with Crippen LogP contribution in [0, 0.1) is 11.8 Å². The van der Waals surface area contributed by atoms with E-state index in [0.29, 0.717) is 23.9 Å². The predicted molar refractivity (Wildman–Crippen MR) is 53.8 cm³/mol. The summed E-state index contributed by atoms with van der Waals surface area (Å²) in [6.07, 6.45) is 3.53. The third-order valence-electron chi connectivity index (χ3n) is 3.96. The number of piperazine rings is 1. The molecule has 1 N–H and O–H groups in total. The van der Waals surface area contributed by atoms with E-state index in [4.69, 9.17) is 0 Å². The summed E-state index contributed by atoms with van der Waals surface area (Å²) >= 11 is 0. The smallest absolute Gasteiger partial charge is 0.225 e. The van der Waals surface area contributed by atoms with Crippen molar-refractivity contribution >= 4 is 5.91 Å². The fraction of sp³-hybridized carbons (Fsp3) is 0.909. The first-order valence-corrected chi connectivity index (χ1v) is 5.77. The first-order chi connectivity index (χ1) is 6.72. The lowest BCUT2D eigenvalue weighted by Crippen LogP contribution is -2.68. The van der Waals surface area contributed by atoms with E-state index in [9.17, 15) is 4.79 Å². The first-order valence-electron chi connectivity index (χ1n) is 5.77. The number of nitrogens with zero attached hydrogens (tertiary/aromatic N) is 1. The first kappa shape index (κ1) is 8.72. The van der Waals surface area contributed by atoms with Gasteiger partial charge in [-0.2, -0.15) is 0 Å². The number of nitrogens with one attached hydrogen (secondary N) is 1. The molecular weight excluding hydrogens is 176 g/mol. The van der Waals surface area contributed by atoms with Crippen LogP contribution in [0.5, 0.6) is 0 Å². The van der Waals surface area contributed by atoms with Crippen molar-refractivity contribution in [2.75, 3.05) is 13.1 Å². The number of carbonyl (C=O) groups is 1. The maximum Gasteiger partial charge on any atom is 0.225 e. The molecule has 3 aliphatic heterocycles. The van der Waals surface area contributed by atoms with Gasteiger partial charge in [0.05, 0.1) is 0 Å². The van der Waals surface area contributed by atoms with Crippen LogP contribution >= 0.6 is 0 Å². The van der Waals surface area contributed by atoms with Crippen LogP contribution in [0.4, 0.5) is 0 Å². The Morgan fingerprint density at radius 3 is 2.29 bits per heavy atom. The molecule has 14 heavy (non-hydrogen) atoms. The average molecular weight is 194 g/mol. The summed E-state index contributed by atoms with van der Waals surface area (Å²) in [6, 6.07) is 1.21. The zero-order valence-corrected chi connectivity index (χ0v) is 8.70. The molecule has 1 aliphatic carbocycles. The van der Waals surface area contributed by atoms with Gasteiger partial charge in [-0.3, -0.25) is 4.79 Å². The highest BCUT2D eigenvalue weighted by Gasteiger charge is 2.42. The number of fused-ring (bicyclic) bond motifs is 2. The minimum Gasteiger partial charge on any atom is -0.339 e. The van der Waals surface area contributed by atoms with Crippen LogP contribution in [0.3, 0.4) is 0 Å². The van der Waals surface area contributed by atoms with Crippen molar-refractivity contribution in [3.8, 4) is 0 Å². The molecule has 1 saturated carbocycles. The zero-order valence-electron chi connectivity index (χ0n) is 8.70. The van der Waals surface area contributed by atoms with Gasteiger partial charge in [-0.15, -0.1) is 0 Å². The van der Waals surface area contributed by atoms with E-state index in [0.717, 1.165) is 31.8 Å². The molecule has 0 unspecified atom stereocenters. The van der Waals surface area contributed by atoms with E-state index in [2.05, 4.69) is 17.1 Å². The molecule has 4 aliphatic rings. The van der Waals surface area contributed by atoms with E-state index < -0.39 is 0 Å². The molecule has 0 radical (unpaired) electrons. The van der Waals surface area contributed by atoms with Gasteiger partial charge >= 0.3 is 0 Å². The molecule has 0 aromatic carbocycles. The molecule has 2 bridgehead atoms. The number of hydrogen-bond donors (Lipinski definition) is 1. The maximum absolute atomic E-state index is 12.0. The van der Waals surface area contributed by atoms with Gasteiger partial charge in [-0.25, -0.2) is 0 Å². The van der Waals surface area contributed by atoms with Crippen LogP contribution < -0.4 is 5.32 Å². The van der Waals surface area contributed by atoms with Gasteiger partial charge in [0.2, 0.25) is 5.91 Å². The highest BCUT2D eigenvalue weighted by atomic mass is 16.2. The van der Waals surface area contributed by atoms with E-state index in [1.54, 1.807) is 0 Å². The lowest BCUT2D eigenvalue weighted by atomic mass is 9.75. The zero-order chi connectivity index (χ0) is 9.71. The highest BCUT2D eigenvalue weighted by Crippen LogP contribution is 2.35. The lowest BCUT2D eigenvalue weighted by molar-refractivity contribution is -0.143. The molecule has 4 rings (SSSR count). The molecule has 1 amide bonds. The summed E-state index contributed by atoms with van der Waals surface area (Å²) in [5.74, 6) is 1.57. The third kappa shape index (κ3) is 1.26. The molecule has 3 heteroatoms. The number of amides is 1. The monoisotopic (exact) mass is 194 g/mol. The van der Waals surface area contributed by atoms with Crippen LogP contribution in [0.1, 0.15) is 26.2 Å². The number of piperidine rings is 1. The third-order valence-corrected chi connectivity index (χ3v) is 3.96. The minimum atomic E-state index is 0.363. The standard InChI is InChI=1S/C11H18N2O/c1-7-2-8(3-7)11(14)13-5-9-4-10(6-13)12-9/h7-10,12H,2-6H2,1H3/t7?,8?,9-,10+. The summed E-state index contributed by atoms with van der Waals surface area (Å²) in [5, 5.41) is 3.45. The molecule has 0 aromatic heterocycles. The minimum absolute atomic E-state index is 0.363. The van der Waals surface area contributed by atoms with E-state index >= 15 is 0 Å². The molecule has 3 nitrogen and oxygen atoms in total. The number of rotatable bonds is 1. The molecule has 3 saturated heterocycles. The van der Waals surface area contributed by atoms with Crippen LogP contribution in [-0.4, -0.2) is 36.0 Å². The van der Waals surface area contributed by atoms with Gasteiger partial charge < -0.3 is 10.2 Å². The normalized spacial score (nSPS) is 45.4. The van der Waals surface area contributed by atoms with Gasteiger partial charge in [-0.1, -0.05) is 6.92 Å². The van der Waals surface area contributed by atoms with Crippen molar-refractivity contribution in [2.24, 2.45) is 11.8 Å². The average Bonchev–Trinajstić information content (AvgIpc) is 2.11. The van der Waals surface area contributed by atoms with Crippen LogP contribution in [0.2, 0.25) is 0 Å². The van der Waals surface area contributed by atoms with Crippen molar-refractivity contribution in [1.82, 2.24) is 10.2 Å². The fourth-order valence-electron chi connectivity index (χ4n) is 3.06. The summed E-state index contributed by atoms with van der Waals surface area (Å²) in [7, 11) is 0. The van der Waals surface area contributed by atoms with Crippen molar-refractivity contribution < 1.29 is 4.79 Å². The second kappa shape index (κ2) is 2.96. The van der Waals surface area contributed by atoms with Gasteiger partial charge in [-0.05, 0) is 25.2 Å². The largest absolute Gasteiger partial charge is 0.339 e. The summed E-state index contributed by atoms with van der Waals surface area (Å²) in [4.78, 5) is 14.1. The summed E-state index contributed by atoms with van der Waals surface area (Å²) in [5.41, 5.74) is 0. The Balaban J connectivity index is 1.57. The van der Waals surface area contributed by atoms with Crippen molar-refractivity contribution in [3.63, 3.8) is 0 Å². The predicted octanol–water partition coefficient (Wildman–Crippen LogP) is 0.605. The Kier molecular flexibility index (Phi) is 1.84.